The summed E-state index contributed by atoms with van der Waals surface area (Å²) in [5, 5.41) is 3.39. The molecule has 1 atom stereocenters. The fourth-order valence-electron chi connectivity index (χ4n) is 2.57. The first-order chi connectivity index (χ1) is 8.65. The van der Waals surface area contributed by atoms with Crippen molar-refractivity contribution in [1.82, 2.24) is 5.32 Å². The summed E-state index contributed by atoms with van der Waals surface area (Å²) in [6.45, 7) is 6.40. The Morgan fingerprint density at radius 1 is 1.17 bits per heavy atom. The summed E-state index contributed by atoms with van der Waals surface area (Å²) in [5.41, 5.74) is 5.13. The first-order valence-corrected chi connectivity index (χ1v) is 6.47. The first-order valence-electron chi connectivity index (χ1n) is 6.47. The molecule has 0 aliphatic carbocycles. The third-order valence-electron chi connectivity index (χ3n) is 3.28. The predicted molar refractivity (Wildman–Crippen MR) is 74.9 cm³/mol. The first kappa shape index (κ1) is 12.9. The minimum atomic E-state index is 0.206. The van der Waals surface area contributed by atoms with Crippen LogP contribution in [0.3, 0.4) is 0 Å². The van der Waals surface area contributed by atoms with Gasteiger partial charge in [0.1, 0.15) is 5.76 Å². The molecule has 2 rings (SSSR count). The van der Waals surface area contributed by atoms with Crippen LogP contribution in [0, 0.1) is 13.8 Å². The zero-order valence-electron chi connectivity index (χ0n) is 11.6. The smallest absolute Gasteiger partial charge is 0.108 e. The standard InChI is InChI=1S/C16H21NO/c1-5-15-14(6-7-18-15)16(17-4)13-9-11(2)8-12(3)10-13/h6-10,16-17H,5H2,1-4H3. The van der Waals surface area contributed by atoms with Gasteiger partial charge in [-0.05, 0) is 32.5 Å². The molecule has 1 aromatic heterocycles. The van der Waals surface area contributed by atoms with Crippen molar-refractivity contribution in [2.75, 3.05) is 7.05 Å². The molecular weight excluding hydrogens is 222 g/mol. The third-order valence-corrected chi connectivity index (χ3v) is 3.28. The zero-order valence-corrected chi connectivity index (χ0v) is 11.6. The maximum absolute atomic E-state index is 5.54. The van der Waals surface area contributed by atoms with E-state index in [1.165, 1.54) is 22.3 Å². The topological polar surface area (TPSA) is 25.2 Å². The Kier molecular flexibility index (Phi) is 3.87. The highest BCUT2D eigenvalue weighted by Crippen LogP contribution is 2.27. The molecule has 0 fully saturated rings. The highest BCUT2D eigenvalue weighted by molar-refractivity contribution is 5.37. The molecule has 0 saturated carbocycles. The fourth-order valence-corrected chi connectivity index (χ4v) is 2.57. The average molecular weight is 243 g/mol. The van der Waals surface area contributed by atoms with E-state index in [-0.39, 0.29) is 6.04 Å². The van der Waals surface area contributed by atoms with Gasteiger partial charge < -0.3 is 9.73 Å². The summed E-state index contributed by atoms with van der Waals surface area (Å²) >= 11 is 0. The SMILES string of the molecule is CCc1occc1C(NC)c1cc(C)cc(C)c1. The van der Waals surface area contributed by atoms with Gasteiger partial charge in [0.25, 0.3) is 0 Å². The molecule has 1 aromatic carbocycles. The second-order valence-electron chi connectivity index (χ2n) is 4.80. The van der Waals surface area contributed by atoms with Crippen molar-refractivity contribution in [3.63, 3.8) is 0 Å². The van der Waals surface area contributed by atoms with Gasteiger partial charge in [0.05, 0.1) is 12.3 Å². The van der Waals surface area contributed by atoms with Gasteiger partial charge in [-0.1, -0.05) is 36.2 Å². The average Bonchev–Trinajstić information content (AvgIpc) is 2.77. The van der Waals surface area contributed by atoms with Crippen molar-refractivity contribution in [2.24, 2.45) is 0 Å². The van der Waals surface area contributed by atoms with E-state index in [0.717, 1.165) is 12.2 Å². The molecule has 0 aliphatic rings. The zero-order chi connectivity index (χ0) is 13.1. The number of hydrogen-bond acceptors (Lipinski definition) is 2. The van der Waals surface area contributed by atoms with Gasteiger partial charge in [0.15, 0.2) is 0 Å². The highest BCUT2D eigenvalue weighted by Gasteiger charge is 2.17. The second-order valence-corrected chi connectivity index (χ2v) is 4.80. The Balaban J connectivity index is 2.45. The minimum absolute atomic E-state index is 0.206. The van der Waals surface area contributed by atoms with E-state index in [4.69, 9.17) is 4.42 Å². The minimum Gasteiger partial charge on any atom is -0.469 e. The number of hydrogen-bond donors (Lipinski definition) is 1. The van der Waals surface area contributed by atoms with Gasteiger partial charge in [0.2, 0.25) is 0 Å². The summed E-state index contributed by atoms with van der Waals surface area (Å²) in [6.07, 6.45) is 2.70. The van der Waals surface area contributed by atoms with Crippen LogP contribution in [0.4, 0.5) is 0 Å². The van der Waals surface area contributed by atoms with E-state index < -0.39 is 0 Å². The third kappa shape index (κ3) is 2.49. The molecule has 0 saturated heterocycles. The molecule has 0 radical (unpaired) electrons. The van der Waals surface area contributed by atoms with E-state index in [2.05, 4.69) is 50.4 Å². The molecule has 1 N–H and O–H groups in total. The van der Waals surface area contributed by atoms with Crippen molar-refractivity contribution in [3.05, 3.63) is 58.5 Å². The van der Waals surface area contributed by atoms with Gasteiger partial charge in [0, 0.05) is 12.0 Å². The molecule has 2 nitrogen and oxygen atoms in total. The molecule has 0 spiro atoms. The summed E-state index contributed by atoms with van der Waals surface area (Å²) in [7, 11) is 1.99. The van der Waals surface area contributed by atoms with Crippen LogP contribution < -0.4 is 5.32 Å². The molecule has 2 aromatic rings. The van der Waals surface area contributed by atoms with Crippen LogP contribution >= 0.6 is 0 Å². The van der Waals surface area contributed by atoms with Gasteiger partial charge in [-0.3, -0.25) is 0 Å². The number of rotatable bonds is 4. The van der Waals surface area contributed by atoms with Crippen LogP contribution in [0.2, 0.25) is 0 Å². The number of furan rings is 1. The Morgan fingerprint density at radius 3 is 2.39 bits per heavy atom. The largest absolute Gasteiger partial charge is 0.469 e. The van der Waals surface area contributed by atoms with Crippen LogP contribution in [0.15, 0.2) is 34.9 Å². The highest BCUT2D eigenvalue weighted by atomic mass is 16.3. The molecule has 1 heterocycles. The van der Waals surface area contributed by atoms with Crippen LogP contribution in [0.1, 0.15) is 41.0 Å². The van der Waals surface area contributed by atoms with E-state index in [0.29, 0.717) is 0 Å². The Hall–Kier alpha value is -1.54. The van der Waals surface area contributed by atoms with Gasteiger partial charge in [-0.25, -0.2) is 0 Å². The Morgan fingerprint density at radius 2 is 1.83 bits per heavy atom. The lowest BCUT2D eigenvalue weighted by Gasteiger charge is -2.18. The van der Waals surface area contributed by atoms with E-state index in [9.17, 15) is 0 Å². The monoisotopic (exact) mass is 243 g/mol. The van der Waals surface area contributed by atoms with Crippen molar-refractivity contribution >= 4 is 0 Å². The van der Waals surface area contributed by atoms with Crippen molar-refractivity contribution in [3.8, 4) is 0 Å². The van der Waals surface area contributed by atoms with Gasteiger partial charge >= 0.3 is 0 Å². The van der Waals surface area contributed by atoms with Crippen LogP contribution in [-0.2, 0) is 6.42 Å². The van der Waals surface area contributed by atoms with Crippen molar-refractivity contribution < 1.29 is 4.42 Å². The summed E-state index contributed by atoms with van der Waals surface area (Å²) < 4.78 is 5.54. The number of aryl methyl sites for hydroxylation is 3. The van der Waals surface area contributed by atoms with Crippen LogP contribution in [0.5, 0.6) is 0 Å². The van der Waals surface area contributed by atoms with Crippen molar-refractivity contribution in [2.45, 2.75) is 33.2 Å². The lowest BCUT2D eigenvalue weighted by atomic mass is 9.95. The molecular formula is C16H21NO. The number of benzene rings is 1. The normalized spacial score (nSPS) is 12.7. The van der Waals surface area contributed by atoms with E-state index >= 15 is 0 Å². The lowest BCUT2D eigenvalue weighted by molar-refractivity contribution is 0.505. The molecule has 0 amide bonds. The molecule has 0 aliphatic heterocycles. The van der Waals surface area contributed by atoms with Gasteiger partial charge in [-0.2, -0.15) is 0 Å². The predicted octanol–water partition coefficient (Wildman–Crippen LogP) is 3.77. The van der Waals surface area contributed by atoms with Gasteiger partial charge in [-0.15, -0.1) is 0 Å². The molecule has 1 unspecified atom stereocenters. The van der Waals surface area contributed by atoms with E-state index in [1.54, 1.807) is 6.26 Å². The molecule has 96 valence electrons. The lowest BCUT2D eigenvalue weighted by Crippen LogP contribution is -2.18. The summed E-state index contributed by atoms with van der Waals surface area (Å²) in [5.74, 6) is 1.06. The Bertz CT molecular complexity index is 507. The molecule has 18 heavy (non-hydrogen) atoms. The summed E-state index contributed by atoms with van der Waals surface area (Å²) in [4.78, 5) is 0. The maximum atomic E-state index is 5.54. The van der Waals surface area contributed by atoms with Crippen LogP contribution in [0.25, 0.3) is 0 Å². The summed E-state index contributed by atoms with van der Waals surface area (Å²) in [6, 6.07) is 8.95. The number of nitrogens with one attached hydrogen (secondary N) is 1. The van der Waals surface area contributed by atoms with Crippen LogP contribution in [-0.4, -0.2) is 7.05 Å². The fraction of sp³-hybridized carbons (Fsp3) is 0.375. The van der Waals surface area contributed by atoms with E-state index in [1.807, 2.05) is 7.05 Å². The molecule has 0 bridgehead atoms. The molecule has 2 heteroatoms. The maximum Gasteiger partial charge on any atom is 0.108 e. The quantitative estimate of drug-likeness (QED) is 0.884. The second kappa shape index (κ2) is 5.40. The van der Waals surface area contributed by atoms with Crippen molar-refractivity contribution in [1.29, 1.82) is 0 Å². The Labute approximate surface area is 109 Å².